The van der Waals surface area contributed by atoms with Crippen LogP contribution in [0.4, 0.5) is 24.0 Å². The van der Waals surface area contributed by atoms with E-state index in [1.165, 1.54) is 30.6 Å². The predicted octanol–water partition coefficient (Wildman–Crippen LogP) is 4.94. The Morgan fingerprint density at radius 2 is 2.03 bits per heavy atom. The monoisotopic (exact) mass is 464 g/mol. The van der Waals surface area contributed by atoms with Gasteiger partial charge >= 0.3 is 6.18 Å². The fourth-order valence-electron chi connectivity index (χ4n) is 2.56. The van der Waals surface area contributed by atoms with Crippen molar-refractivity contribution in [2.24, 2.45) is 5.10 Å². The first-order chi connectivity index (χ1) is 15.2. The molecular weight excluding hydrogens is 445 g/mol. The van der Waals surface area contributed by atoms with Gasteiger partial charge in [-0.25, -0.2) is 4.98 Å². The number of anilines is 2. The van der Waals surface area contributed by atoms with Gasteiger partial charge in [-0.05, 0) is 48.9 Å². The highest BCUT2D eigenvalue weighted by atomic mass is 32.1. The Hall–Kier alpha value is -3.60. The van der Waals surface area contributed by atoms with Gasteiger partial charge in [0.25, 0.3) is 5.91 Å². The van der Waals surface area contributed by atoms with Crippen molar-refractivity contribution in [2.75, 3.05) is 24.5 Å². The average Bonchev–Trinajstić information content (AvgIpc) is 3.17. The highest BCUT2D eigenvalue weighted by Crippen LogP contribution is 2.31. The summed E-state index contributed by atoms with van der Waals surface area (Å²) in [7, 11) is 1.45. The number of methoxy groups -OCH3 is 1. The molecule has 2 N–H and O–H groups in total. The van der Waals surface area contributed by atoms with Crippen LogP contribution in [0.2, 0.25) is 0 Å². The second kappa shape index (κ2) is 10.1. The van der Waals surface area contributed by atoms with Gasteiger partial charge in [-0.3, -0.25) is 10.2 Å². The number of hydrazone groups is 1. The van der Waals surface area contributed by atoms with Crippen LogP contribution in [0.3, 0.4) is 0 Å². The molecule has 3 aromatic rings. The smallest absolute Gasteiger partial charge is 0.416 e. The molecule has 0 atom stereocenters. The summed E-state index contributed by atoms with van der Waals surface area (Å²) in [6.07, 6.45) is -2.92. The molecule has 3 rings (SSSR count). The number of ether oxygens (including phenoxy) is 2. The maximum Gasteiger partial charge on any atom is 0.416 e. The molecule has 7 nitrogen and oxygen atoms in total. The first kappa shape index (κ1) is 23.1. The average molecular weight is 464 g/mol. The summed E-state index contributed by atoms with van der Waals surface area (Å²) in [6, 6.07) is 9.34. The van der Waals surface area contributed by atoms with E-state index in [0.717, 1.165) is 17.8 Å². The van der Waals surface area contributed by atoms with Gasteiger partial charge in [0.15, 0.2) is 18.1 Å². The summed E-state index contributed by atoms with van der Waals surface area (Å²) in [5, 5.41) is 9.05. The molecule has 1 heterocycles. The highest BCUT2D eigenvalue weighted by Gasteiger charge is 2.30. The third-order valence-electron chi connectivity index (χ3n) is 4.01. The number of halogens is 3. The molecule has 1 aromatic heterocycles. The fourth-order valence-corrected chi connectivity index (χ4v) is 3.20. The van der Waals surface area contributed by atoms with Crippen molar-refractivity contribution in [3.63, 3.8) is 0 Å². The lowest BCUT2D eigenvalue weighted by molar-refractivity contribution is -0.137. The second-order valence-corrected chi connectivity index (χ2v) is 7.35. The van der Waals surface area contributed by atoms with Crippen molar-refractivity contribution >= 4 is 34.3 Å². The van der Waals surface area contributed by atoms with Crippen LogP contribution in [0.25, 0.3) is 0 Å². The molecule has 0 bridgehead atoms. The predicted molar refractivity (Wildman–Crippen MR) is 117 cm³/mol. The quantitative estimate of drug-likeness (QED) is 0.364. The molecule has 0 aliphatic carbocycles. The number of amides is 1. The number of aromatic nitrogens is 1. The zero-order valence-corrected chi connectivity index (χ0v) is 17.9. The number of nitrogens with one attached hydrogen (secondary N) is 2. The number of carbonyl (C=O) groups is 1. The van der Waals surface area contributed by atoms with Crippen LogP contribution < -0.4 is 20.2 Å². The van der Waals surface area contributed by atoms with Crippen LogP contribution in [-0.4, -0.2) is 30.8 Å². The number of carbonyl (C=O) groups excluding carboxylic acids is 1. The minimum Gasteiger partial charge on any atom is -0.493 e. The summed E-state index contributed by atoms with van der Waals surface area (Å²) in [6.45, 7) is 1.47. The van der Waals surface area contributed by atoms with Crippen LogP contribution in [0.5, 0.6) is 11.5 Å². The maximum absolute atomic E-state index is 12.8. The van der Waals surface area contributed by atoms with Crippen LogP contribution in [0.1, 0.15) is 16.8 Å². The van der Waals surface area contributed by atoms with Crippen LogP contribution in [0, 0.1) is 6.92 Å². The minimum absolute atomic E-state index is 0.0230. The van der Waals surface area contributed by atoms with Gasteiger partial charge < -0.3 is 14.8 Å². The van der Waals surface area contributed by atoms with Crippen molar-refractivity contribution in [3.8, 4) is 11.5 Å². The molecule has 0 unspecified atom stereocenters. The molecule has 32 heavy (non-hydrogen) atoms. The Bertz CT molecular complexity index is 1120. The summed E-state index contributed by atoms with van der Waals surface area (Å²) >= 11 is 1.43. The molecule has 1 amide bonds. The number of hydrogen-bond acceptors (Lipinski definition) is 7. The van der Waals surface area contributed by atoms with Gasteiger partial charge in [0.2, 0.25) is 5.13 Å². The van der Waals surface area contributed by atoms with E-state index in [1.807, 2.05) is 12.3 Å². The maximum atomic E-state index is 12.8. The van der Waals surface area contributed by atoms with Gasteiger partial charge in [0, 0.05) is 11.1 Å². The van der Waals surface area contributed by atoms with E-state index in [4.69, 9.17) is 9.47 Å². The Labute approximate surface area is 185 Å². The van der Waals surface area contributed by atoms with Gasteiger partial charge in [0.1, 0.15) is 0 Å². The molecule has 0 radical (unpaired) electrons. The van der Waals surface area contributed by atoms with Gasteiger partial charge in [-0.15, -0.1) is 11.3 Å². The largest absolute Gasteiger partial charge is 0.493 e. The number of benzene rings is 2. The Kier molecular flexibility index (Phi) is 7.31. The molecule has 0 saturated carbocycles. The number of rotatable bonds is 8. The molecule has 0 fully saturated rings. The lowest BCUT2D eigenvalue weighted by Crippen LogP contribution is -2.20. The van der Waals surface area contributed by atoms with E-state index in [2.05, 4.69) is 20.8 Å². The second-order valence-electron chi connectivity index (χ2n) is 6.49. The molecule has 0 aliphatic heterocycles. The Morgan fingerprint density at radius 1 is 1.22 bits per heavy atom. The lowest BCUT2D eigenvalue weighted by atomic mass is 10.2. The van der Waals surface area contributed by atoms with Gasteiger partial charge in [-0.1, -0.05) is 6.07 Å². The number of nitrogens with zero attached hydrogens (tertiary/aromatic N) is 2. The normalized spacial score (nSPS) is 11.4. The van der Waals surface area contributed by atoms with E-state index >= 15 is 0 Å². The summed E-state index contributed by atoms with van der Waals surface area (Å²) < 4.78 is 49.1. The summed E-state index contributed by atoms with van der Waals surface area (Å²) in [4.78, 5) is 16.3. The third-order valence-corrected chi connectivity index (χ3v) is 4.88. The number of hydrogen-bond donors (Lipinski definition) is 2. The molecule has 11 heteroatoms. The van der Waals surface area contributed by atoms with E-state index in [-0.39, 0.29) is 5.69 Å². The zero-order chi connectivity index (χ0) is 23.1. The standard InChI is InChI=1S/C21H19F3N4O3S/c1-13-12-32-20(26-13)28-25-10-14-6-7-17(18(8-14)30-2)31-11-19(29)27-16-5-3-4-15(9-16)21(22,23)24/h3-10,12H,11H2,1-2H3,(H,26,28)(H,27,29). The van der Waals surface area contributed by atoms with Crippen LogP contribution in [0.15, 0.2) is 52.9 Å². The molecule has 168 valence electrons. The zero-order valence-electron chi connectivity index (χ0n) is 17.1. The first-order valence-corrected chi connectivity index (χ1v) is 10.1. The molecule has 0 saturated heterocycles. The first-order valence-electron chi connectivity index (χ1n) is 9.24. The SMILES string of the molecule is COc1cc(C=NNc2nc(C)cs2)ccc1OCC(=O)Nc1cccc(C(F)(F)F)c1. The Balaban J connectivity index is 1.58. The van der Waals surface area contributed by atoms with E-state index < -0.39 is 24.3 Å². The van der Waals surface area contributed by atoms with Crippen LogP contribution >= 0.6 is 11.3 Å². The van der Waals surface area contributed by atoms with Gasteiger partial charge in [-0.2, -0.15) is 18.3 Å². The Morgan fingerprint density at radius 3 is 2.72 bits per heavy atom. The van der Waals surface area contributed by atoms with Crippen molar-refractivity contribution in [2.45, 2.75) is 13.1 Å². The highest BCUT2D eigenvalue weighted by molar-refractivity contribution is 7.13. The van der Waals surface area contributed by atoms with E-state index in [1.54, 1.807) is 24.4 Å². The van der Waals surface area contributed by atoms with Gasteiger partial charge in [0.05, 0.1) is 24.6 Å². The van der Waals surface area contributed by atoms with Crippen molar-refractivity contribution in [1.29, 1.82) is 0 Å². The molecule has 2 aromatic carbocycles. The lowest BCUT2D eigenvalue weighted by Gasteiger charge is -2.12. The summed E-state index contributed by atoms with van der Waals surface area (Å²) in [5.41, 5.74) is 3.60. The van der Waals surface area contributed by atoms with E-state index in [0.29, 0.717) is 22.2 Å². The number of alkyl halides is 3. The van der Waals surface area contributed by atoms with E-state index in [9.17, 15) is 18.0 Å². The topological polar surface area (TPSA) is 84.8 Å². The minimum atomic E-state index is -4.50. The van der Waals surface area contributed by atoms with Crippen molar-refractivity contribution in [3.05, 3.63) is 64.7 Å². The fraction of sp³-hybridized carbons (Fsp3) is 0.190. The van der Waals surface area contributed by atoms with Crippen molar-refractivity contribution in [1.82, 2.24) is 4.98 Å². The van der Waals surface area contributed by atoms with Crippen molar-refractivity contribution < 1.29 is 27.4 Å². The molecule has 0 aliphatic rings. The number of thiazole rings is 1. The molecular formula is C21H19F3N4O3S. The third kappa shape index (κ3) is 6.45. The molecule has 0 spiro atoms. The summed E-state index contributed by atoms with van der Waals surface area (Å²) in [5.74, 6) is 0.0539. The number of aryl methyl sites for hydroxylation is 1. The van der Waals surface area contributed by atoms with Crippen LogP contribution in [-0.2, 0) is 11.0 Å².